The second-order valence-corrected chi connectivity index (χ2v) is 9.96. The number of benzene rings is 2. The number of imide groups is 1. The standard InChI is InChI=1S/C23H25NO8S/c1-14-11-19(30-2)20(31-3)12-15(14)13-32-23(27)18(9-10-33(4,28)29)24-21(25)16-7-5-6-8-17(16)22(24)26/h5-8,11-12,18H,9-10,13H2,1-4H3. The van der Waals surface area contributed by atoms with E-state index in [0.717, 1.165) is 16.7 Å². The lowest BCUT2D eigenvalue weighted by molar-refractivity contribution is -0.149. The molecule has 2 aromatic carbocycles. The average molecular weight is 476 g/mol. The Morgan fingerprint density at radius 2 is 1.55 bits per heavy atom. The van der Waals surface area contributed by atoms with Crippen molar-refractivity contribution in [2.75, 3.05) is 26.2 Å². The number of amides is 2. The van der Waals surface area contributed by atoms with Crippen LogP contribution in [-0.4, -0.2) is 63.4 Å². The van der Waals surface area contributed by atoms with Gasteiger partial charge in [0, 0.05) is 6.26 Å². The predicted molar refractivity (Wildman–Crippen MR) is 119 cm³/mol. The van der Waals surface area contributed by atoms with Gasteiger partial charge >= 0.3 is 5.97 Å². The zero-order valence-corrected chi connectivity index (χ0v) is 19.6. The monoisotopic (exact) mass is 475 g/mol. The number of ether oxygens (including phenoxy) is 3. The molecule has 1 atom stereocenters. The molecule has 9 nitrogen and oxygen atoms in total. The van der Waals surface area contributed by atoms with Gasteiger partial charge in [0.05, 0.1) is 31.1 Å². The number of esters is 1. The van der Waals surface area contributed by atoms with Crippen LogP contribution in [-0.2, 0) is 26.0 Å². The molecule has 33 heavy (non-hydrogen) atoms. The summed E-state index contributed by atoms with van der Waals surface area (Å²) < 4.78 is 39.5. The van der Waals surface area contributed by atoms with Gasteiger partial charge in [-0.3, -0.25) is 14.5 Å². The van der Waals surface area contributed by atoms with Crippen LogP contribution in [0.25, 0.3) is 0 Å². The molecule has 0 fully saturated rings. The Balaban J connectivity index is 1.86. The Morgan fingerprint density at radius 3 is 2.06 bits per heavy atom. The molecule has 176 valence electrons. The lowest BCUT2D eigenvalue weighted by Crippen LogP contribution is -2.46. The van der Waals surface area contributed by atoms with Gasteiger partial charge in [-0.25, -0.2) is 13.2 Å². The summed E-state index contributed by atoms with van der Waals surface area (Å²) in [4.78, 5) is 39.6. The van der Waals surface area contributed by atoms with E-state index in [1.54, 1.807) is 31.2 Å². The fourth-order valence-corrected chi connectivity index (χ4v) is 4.24. The maximum Gasteiger partial charge on any atom is 0.329 e. The number of fused-ring (bicyclic) bond motifs is 1. The molecular weight excluding hydrogens is 450 g/mol. The Kier molecular flexibility index (Phi) is 7.06. The first kappa shape index (κ1) is 24.2. The molecule has 3 rings (SSSR count). The maximum absolute atomic E-state index is 13.0. The number of rotatable bonds is 9. The van der Waals surface area contributed by atoms with Crippen molar-refractivity contribution >= 4 is 27.6 Å². The van der Waals surface area contributed by atoms with Crippen LogP contribution in [0.2, 0.25) is 0 Å². The minimum atomic E-state index is -3.46. The van der Waals surface area contributed by atoms with Gasteiger partial charge in [0.1, 0.15) is 22.5 Å². The second kappa shape index (κ2) is 9.62. The van der Waals surface area contributed by atoms with E-state index in [1.165, 1.54) is 26.4 Å². The summed E-state index contributed by atoms with van der Waals surface area (Å²) in [6.45, 7) is 1.64. The first-order valence-corrected chi connectivity index (χ1v) is 12.2. The topological polar surface area (TPSA) is 116 Å². The Morgan fingerprint density at radius 1 is 1.00 bits per heavy atom. The highest BCUT2D eigenvalue weighted by Gasteiger charge is 2.43. The molecule has 0 aromatic heterocycles. The third-order valence-electron chi connectivity index (χ3n) is 5.38. The molecule has 1 aliphatic rings. The van der Waals surface area contributed by atoms with Crippen molar-refractivity contribution < 1.29 is 37.0 Å². The minimum absolute atomic E-state index is 0.162. The third kappa shape index (κ3) is 5.16. The van der Waals surface area contributed by atoms with Gasteiger partial charge in [0.25, 0.3) is 11.8 Å². The molecular formula is C23H25NO8S. The van der Waals surface area contributed by atoms with Gasteiger partial charge < -0.3 is 14.2 Å². The molecule has 0 saturated heterocycles. The van der Waals surface area contributed by atoms with E-state index in [0.29, 0.717) is 17.1 Å². The molecule has 1 aliphatic heterocycles. The normalized spacial score (nSPS) is 14.1. The molecule has 1 unspecified atom stereocenters. The first-order valence-electron chi connectivity index (χ1n) is 10.1. The third-order valence-corrected chi connectivity index (χ3v) is 6.36. The number of sulfone groups is 1. The van der Waals surface area contributed by atoms with Crippen LogP contribution < -0.4 is 9.47 Å². The summed E-state index contributed by atoms with van der Waals surface area (Å²) in [5.41, 5.74) is 1.73. The summed E-state index contributed by atoms with van der Waals surface area (Å²) in [6, 6.07) is 8.20. The molecule has 0 aliphatic carbocycles. The summed E-state index contributed by atoms with van der Waals surface area (Å²) >= 11 is 0. The number of methoxy groups -OCH3 is 2. The van der Waals surface area contributed by atoms with Crippen molar-refractivity contribution in [3.8, 4) is 11.5 Å². The van der Waals surface area contributed by atoms with Crippen molar-refractivity contribution in [1.29, 1.82) is 0 Å². The van der Waals surface area contributed by atoms with E-state index in [-0.39, 0.29) is 24.2 Å². The van der Waals surface area contributed by atoms with Crippen molar-refractivity contribution in [3.63, 3.8) is 0 Å². The summed E-state index contributed by atoms with van der Waals surface area (Å²) in [5, 5.41) is 0. The number of aryl methyl sites for hydroxylation is 1. The van der Waals surface area contributed by atoms with E-state index < -0.39 is 39.4 Å². The van der Waals surface area contributed by atoms with Crippen LogP contribution in [0.4, 0.5) is 0 Å². The molecule has 0 saturated carbocycles. The van der Waals surface area contributed by atoms with Crippen LogP contribution in [0, 0.1) is 6.92 Å². The number of hydrogen-bond donors (Lipinski definition) is 0. The van der Waals surface area contributed by atoms with Crippen LogP contribution in [0.5, 0.6) is 11.5 Å². The van der Waals surface area contributed by atoms with E-state index in [1.807, 2.05) is 0 Å². The molecule has 0 N–H and O–H groups in total. The van der Waals surface area contributed by atoms with Gasteiger partial charge in [-0.2, -0.15) is 0 Å². The van der Waals surface area contributed by atoms with Gasteiger partial charge in [-0.05, 0) is 48.7 Å². The van der Waals surface area contributed by atoms with Crippen LogP contribution >= 0.6 is 0 Å². The molecule has 1 heterocycles. The number of nitrogens with zero attached hydrogens (tertiary/aromatic N) is 1. The van der Waals surface area contributed by atoms with Gasteiger partial charge in [0.15, 0.2) is 11.5 Å². The van der Waals surface area contributed by atoms with E-state index in [9.17, 15) is 22.8 Å². The maximum atomic E-state index is 13.0. The van der Waals surface area contributed by atoms with E-state index in [4.69, 9.17) is 14.2 Å². The summed E-state index contributed by atoms with van der Waals surface area (Å²) in [5.74, 6) is -1.62. The van der Waals surface area contributed by atoms with Crippen LogP contribution in [0.15, 0.2) is 36.4 Å². The van der Waals surface area contributed by atoms with Gasteiger partial charge in [-0.15, -0.1) is 0 Å². The Hall–Kier alpha value is -3.40. The van der Waals surface area contributed by atoms with Gasteiger partial charge in [-0.1, -0.05) is 12.1 Å². The smallest absolute Gasteiger partial charge is 0.329 e. The predicted octanol–water partition coefficient (Wildman–Crippen LogP) is 2.15. The number of hydrogen-bond acceptors (Lipinski definition) is 8. The molecule has 0 spiro atoms. The van der Waals surface area contributed by atoms with E-state index in [2.05, 4.69) is 0 Å². The highest BCUT2D eigenvalue weighted by atomic mass is 32.2. The lowest BCUT2D eigenvalue weighted by Gasteiger charge is -2.24. The number of carbonyl (C=O) groups is 3. The van der Waals surface area contributed by atoms with Crippen LogP contribution in [0.1, 0.15) is 38.3 Å². The zero-order valence-electron chi connectivity index (χ0n) is 18.8. The largest absolute Gasteiger partial charge is 0.493 e. The van der Waals surface area contributed by atoms with Crippen LogP contribution in [0.3, 0.4) is 0 Å². The molecule has 0 bridgehead atoms. The minimum Gasteiger partial charge on any atom is -0.493 e. The zero-order chi connectivity index (χ0) is 24.3. The van der Waals surface area contributed by atoms with Crippen molar-refractivity contribution in [1.82, 2.24) is 4.90 Å². The highest BCUT2D eigenvalue weighted by molar-refractivity contribution is 7.90. The van der Waals surface area contributed by atoms with Crippen molar-refractivity contribution in [2.24, 2.45) is 0 Å². The number of carbonyl (C=O) groups excluding carboxylic acids is 3. The Labute approximate surface area is 192 Å². The average Bonchev–Trinajstić information content (AvgIpc) is 3.02. The van der Waals surface area contributed by atoms with Crippen molar-refractivity contribution in [3.05, 3.63) is 58.7 Å². The SMILES string of the molecule is COc1cc(C)c(COC(=O)C(CCS(C)(=O)=O)N2C(=O)c3ccccc3C2=O)cc1OC. The van der Waals surface area contributed by atoms with E-state index >= 15 is 0 Å². The molecule has 2 aromatic rings. The lowest BCUT2D eigenvalue weighted by atomic mass is 10.1. The quantitative estimate of drug-likeness (QED) is 0.400. The molecule has 10 heteroatoms. The fourth-order valence-electron chi connectivity index (χ4n) is 3.59. The van der Waals surface area contributed by atoms with Crippen molar-refractivity contribution in [2.45, 2.75) is 26.0 Å². The summed E-state index contributed by atoms with van der Waals surface area (Å²) in [7, 11) is -0.479. The molecule has 2 amide bonds. The first-order chi connectivity index (χ1) is 15.6. The highest BCUT2D eigenvalue weighted by Crippen LogP contribution is 2.31. The summed E-state index contributed by atoms with van der Waals surface area (Å²) in [6.07, 6.45) is 0.749. The second-order valence-electron chi connectivity index (χ2n) is 7.70. The Bertz CT molecular complexity index is 1170. The molecule has 0 radical (unpaired) electrons. The fraction of sp³-hybridized carbons (Fsp3) is 0.348. The van der Waals surface area contributed by atoms with Gasteiger partial charge in [0.2, 0.25) is 0 Å².